The quantitative estimate of drug-likeness (QED) is 0.718. The molecule has 1 heterocycles. The van der Waals surface area contributed by atoms with Gasteiger partial charge in [0.25, 0.3) is 5.91 Å². The lowest BCUT2D eigenvalue weighted by atomic mass is 10.1. The number of carbonyl (C=O) groups is 1. The highest BCUT2D eigenvalue weighted by Crippen LogP contribution is 2.36. The minimum atomic E-state index is 0.0775. The molecule has 2 N–H and O–H groups in total. The van der Waals surface area contributed by atoms with E-state index in [4.69, 9.17) is 5.73 Å². The Morgan fingerprint density at radius 2 is 2.10 bits per heavy atom. The normalized spacial score (nSPS) is 14.2. The number of nitrogens with zero attached hydrogens (tertiary/aromatic N) is 1. The fraction of sp³-hybridized carbons (Fsp3) is 0.267. The molecule has 1 aliphatic rings. The van der Waals surface area contributed by atoms with Crippen molar-refractivity contribution in [1.29, 1.82) is 0 Å². The van der Waals surface area contributed by atoms with Crippen LogP contribution in [0, 0.1) is 0 Å². The average molecular weight is 430 g/mol. The summed E-state index contributed by atoms with van der Waals surface area (Å²) in [5.74, 6) is 0.0775. The molecule has 2 aromatic rings. The molecule has 0 atom stereocenters. The number of hydrogen-bond donors (Lipinski definition) is 1. The number of thiophene rings is 1. The largest absolute Gasteiger partial charge is 0.399 e. The number of carbonyl (C=O) groups excluding carboxylic acids is 1. The van der Waals surface area contributed by atoms with Crippen LogP contribution < -0.4 is 5.73 Å². The average Bonchev–Trinajstić information content (AvgIpc) is 3.21. The molecule has 1 aliphatic carbocycles. The van der Waals surface area contributed by atoms with Crippen molar-refractivity contribution in [3.8, 4) is 0 Å². The number of rotatable bonds is 4. The summed E-state index contributed by atoms with van der Waals surface area (Å²) in [5, 5.41) is 0. The summed E-state index contributed by atoms with van der Waals surface area (Å²) in [6.07, 6.45) is 2.16. The summed E-state index contributed by atoms with van der Waals surface area (Å²) in [6, 6.07) is 9.96. The zero-order valence-electron chi connectivity index (χ0n) is 11.2. The Labute approximate surface area is 144 Å². The van der Waals surface area contributed by atoms with Gasteiger partial charge in [-0.15, -0.1) is 11.3 Å². The number of nitrogen functional groups attached to an aromatic ring is 1. The fourth-order valence-corrected chi connectivity index (χ4v) is 5.06. The first kappa shape index (κ1) is 15.1. The van der Waals surface area contributed by atoms with Crippen LogP contribution >= 0.6 is 43.2 Å². The maximum absolute atomic E-state index is 12.8. The summed E-state index contributed by atoms with van der Waals surface area (Å²) in [7, 11) is 0. The predicted molar refractivity (Wildman–Crippen MR) is 93.5 cm³/mol. The molecule has 1 aromatic heterocycles. The van der Waals surface area contributed by atoms with Crippen molar-refractivity contribution >= 4 is 54.8 Å². The van der Waals surface area contributed by atoms with Gasteiger partial charge in [0.15, 0.2) is 0 Å². The molecule has 0 spiro atoms. The fourth-order valence-electron chi connectivity index (χ4n) is 2.28. The van der Waals surface area contributed by atoms with Crippen LogP contribution in [0.4, 0.5) is 5.69 Å². The Morgan fingerprint density at radius 1 is 1.33 bits per heavy atom. The minimum absolute atomic E-state index is 0.0775. The predicted octanol–water partition coefficient (Wildman–Crippen LogP) is 4.66. The van der Waals surface area contributed by atoms with Crippen molar-refractivity contribution in [2.24, 2.45) is 0 Å². The molecule has 0 aliphatic heterocycles. The Bertz CT molecular complexity index is 682. The van der Waals surface area contributed by atoms with E-state index in [0.717, 1.165) is 37.2 Å². The van der Waals surface area contributed by atoms with Crippen molar-refractivity contribution in [1.82, 2.24) is 4.90 Å². The summed E-state index contributed by atoms with van der Waals surface area (Å²) < 4.78 is 1.83. The summed E-state index contributed by atoms with van der Waals surface area (Å²) in [5.41, 5.74) is 8.35. The Hall–Kier alpha value is -0.850. The Balaban J connectivity index is 1.85. The van der Waals surface area contributed by atoms with E-state index in [-0.39, 0.29) is 5.91 Å². The third-order valence-electron chi connectivity index (χ3n) is 3.44. The van der Waals surface area contributed by atoms with Crippen molar-refractivity contribution in [3.05, 3.63) is 49.0 Å². The molecule has 0 bridgehead atoms. The van der Waals surface area contributed by atoms with Gasteiger partial charge >= 0.3 is 0 Å². The molecule has 6 heteroatoms. The molecule has 3 nitrogen and oxygen atoms in total. The van der Waals surface area contributed by atoms with Gasteiger partial charge in [0.1, 0.15) is 0 Å². The summed E-state index contributed by atoms with van der Waals surface area (Å²) >= 11 is 8.43. The highest BCUT2D eigenvalue weighted by molar-refractivity contribution is 9.12. The molecule has 21 heavy (non-hydrogen) atoms. The van der Waals surface area contributed by atoms with Gasteiger partial charge in [0, 0.05) is 18.3 Å². The van der Waals surface area contributed by atoms with E-state index in [9.17, 15) is 4.79 Å². The van der Waals surface area contributed by atoms with Gasteiger partial charge in [-0.3, -0.25) is 4.79 Å². The number of nitrogens with two attached hydrogens (primary N) is 1. The van der Waals surface area contributed by atoms with E-state index >= 15 is 0 Å². The third-order valence-corrected chi connectivity index (χ3v) is 5.78. The maximum Gasteiger partial charge on any atom is 0.256 e. The number of benzene rings is 1. The van der Waals surface area contributed by atoms with Gasteiger partial charge in [-0.25, -0.2) is 0 Å². The van der Waals surface area contributed by atoms with E-state index in [1.807, 2.05) is 35.2 Å². The van der Waals surface area contributed by atoms with Gasteiger partial charge in [0.2, 0.25) is 0 Å². The van der Waals surface area contributed by atoms with Crippen LogP contribution in [0.15, 0.2) is 37.9 Å². The van der Waals surface area contributed by atoms with Crippen LogP contribution in [0.1, 0.15) is 28.8 Å². The lowest BCUT2D eigenvalue weighted by molar-refractivity contribution is 0.0729. The first-order chi connectivity index (χ1) is 10.0. The topological polar surface area (TPSA) is 46.3 Å². The van der Waals surface area contributed by atoms with Crippen LogP contribution in [-0.4, -0.2) is 16.8 Å². The lowest BCUT2D eigenvalue weighted by Gasteiger charge is -2.22. The number of amides is 1. The molecular weight excluding hydrogens is 416 g/mol. The Kier molecular flexibility index (Phi) is 4.38. The van der Waals surface area contributed by atoms with Gasteiger partial charge in [-0.2, -0.15) is 0 Å². The molecular formula is C15H14Br2N2OS. The standard InChI is InChI=1S/C15H14Br2N2OS/c16-13-7-12(14(17)21-13)15(20)19(11-4-5-11)8-9-2-1-3-10(18)6-9/h1-3,6-7,11H,4-5,8,18H2. The molecule has 0 unspecified atom stereocenters. The minimum Gasteiger partial charge on any atom is -0.399 e. The summed E-state index contributed by atoms with van der Waals surface area (Å²) in [4.78, 5) is 14.8. The molecule has 0 radical (unpaired) electrons. The maximum atomic E-state index is 12.8. The molecule has 3 rings (SSSR count). The second-order valence-electron chi connectivity index (χ2n) is 5.15. The molecule has 1 aromatic carbocycles. The van der Waals surface area contributed by atoms with Gasteiger partial charge in [0.05, 0.1) is 13.1 Å². The number of halogens is 2. The van der Waals surface area contributed by atoms with Crippen LogP contribution in [0.3, 0.4) is 0 Å². The highest BCUT2D eigenvalue weighted by atomic mass is 79.9. The van der Waals surface area contributed by atoms with Crippen molar-refractivity contribution in [2.45, 2.75) is 25.4 Å². The number of anilines is 1. The molecule has 1 amide bonds. The van der Waals surface area contributed by atoms with Gasteiger partial charge < -0.3 is 10.6 Å². The molecule has 1 saturated carbocycles. The van der Waals surface area contributed by atoms with Gasteiger partial charge in [-0.05, 0) is 68.5 Å². The molecule has 1 fully saturated rings. The second kappa shape index (κ2) is 6.10. The first-order valence-corrected chi connectivity index (χ1v) is 9.05. The van der Waals surface area contributed by atoms with Crippen LogP contribution in [0.5, 0.6) is 0 Å². The third kappa shape index (κ3) is 3.49. The lowest BCUT2D eigenvalue weighted by Crippen LogP contribution is -2.32. The molecule has 110 valence electrons. The Morgan fingerprint density at radius 3 is 2.67 bits per heavy atom. The SMILES string of the molecule is Nc1cccc(CN(C(=O)c2cc(Br)sc2Br)C2CC2)c1. The van der Waals surface area contributed by atoms with Crippen molar-refractivity contribution in [2.75, 3.05) is 5.73 Å². The van der Waals surface area contributed by atoms with E-state index in [1.165, 1.54) is 11.3 Å². The van der Waals surface area contributed by atoms with Gasteiger partial charge in [-0.1, -0.05) is 12.1 Å². The number of hydrogen-bond acceptors (Lipinski definition) is 3. The zero-order chi connectivity index (χ0) is 15.0. The molecule has 0 saturated heterocycles. The smallest absolute Gasteiger partial charge is 0.256 e. The van der Waals surface area contributed by atoms with Crippen LogP contribution in [0.2, 0.25) is 0 Å². The summed E-state index contributed by atoms with van der Waals surface area (Å²) in [6.45, 7) is 0.606. The van der Waals surface area contributed by atoms with Crippen LogP contribution in [-0.2, 0) is 6.54 Å². The van der Waals surface area contributed by atoms with Crippen LogP contribution in [0.25, 0.3) is 0 Å². The van der Waals surface area contributed by atoms with Crippen molar-refractivity contribution < 1.29 is 4.79 Å². The first-order valence-electron chi connectivity index (χ1n) is 6.65. The van der Waals surface area contributed by atoms with E-state index < -0.39 is 0 Å². The monoisotopic (exact) mass is 428 g/mol. The van der Waals surface area contributed by atoms with Crippen molar-refractivity contribution in [3.63, 3.8) is 0 Å². The highest BCUT2D eigenvalue weighted by Gasteiger charge is 2.34. The van der Waals surface area contributed by atoms with E-state index in [2.05, 4.69) is 31.9 Å². The second-order valence-corrected chi connectivity index (χ2v) is 8.90. The van der Waals surface area contributed by atoms with E-state index in [0.29, 0.717) is 12.6 Å². The van der Waals surface area contributed by atoms with E-state index in [1.54, 1.807) is 0 Å². The zero-order valence-corrected chi connectivity index (χ0v) is 15.2.